The average Bonchev–Trinajstić information content (AvgIpc) is 3.04. The number of pyridine rings is 1. The quantitative estimate of drug-likeness (QED) is 0.200. The molecule has 1 saturated heterocycles. The van der Waals surface area contributed by atoms with Crippen molar-refractivity contribution in [2.75, 3.05) is 19.6 Å². The number of amides is 1. The third-order valence-corrected chi connectivity index (χ3v) is 9.07. The van der Waals surface area contributed by atoms with Crippen molar-refractivity contribution in [3.63, 3.8) is 0 Å². The first-order chi connectivity index (χ1) is 24.8. The number of carbonyl (C=O) groups is 2. The second-order valence-electron chi connectivity index (χ2n) is 12.8. The topological polar surface area (TPSA) is 101 Å². The second kappa shape index (κ2) is 13.9. The van der Waals surface area contributed by atoms with Crippen molar-refractivity contribution >= 4 is 11.9 Å². The van der Waals surface area contributed by atoms with E-state index in [0.29, 0.717) is 10.8 Å². The Labute approximate surface area is 294 Å². The van der Waals surface area contributed by atoms with Crippen LogP contribution in [0.1, 0.15) is 51.9 Å². The summed E-state index contributed by atoms with van der Waals surface area (Å²) in [7, 11) is 0. The molecule has 4 bridgehead atoms. The van der Waals surface area contributed by atoms with Gasteiger partial charge in [0.1, 0.15) is 35.3 Å². The standard InChI is InChI=1S/C36H28F9N3O5/c1-17-9-19-10-23(32(17)39)27(13-30(50)51)46-34(52)33(48-14-18(7-8-47-15-20(37)16-47)25(12-29(48)49)36(43,44)45)22-11-21(5-6-26(22)38)53-28-4-2-3-24(31(19)28)35(40,41)42/h2-6,9-12,14,20,27,33H,7-8,13,15-16H2,1H3,(H,46,52)(H,50,51). The first kappa shape index (κ1) is 37.4. The van der Waals surface area contributed by atoms with E-state index in [1.165, 1.54) is 11.8 Å². The van der Waals surface area contributed by atoms with Crippen molar-refractivity contribution in [3.8, 4) is 22.6 Å². The van der Waals surface area contributed by atoms with Crippen LogP contribution in [-0.2, 0) is 28.4 Å². The van der Waals surface area contributed by atoms with Gasteiger partial charge in [0.2, 0.25) is 5.91 Å². The molecule has 17 heteroatoms. The minimum Gasteiger partial charge on any atom is -0.481 e. The molecule has 3 heterocycles. The van der Waals surface area contributed by atoms with E-state index in [-0.39, 0.29) is 49.0 Å². The summed E-state index contributed by atoms with van der Waals surface area (Å²) in [4.78, 5) is 41.3. The molecule has 0 saturated carbocycles. The van der Waals surface area contributed by atoms with E-state index in [4.69, 9.17) is 4.74 Å². The summed E-state index contributed by atoms with van der Waals surface area (Å²) in [6.07, 6.45) is -12.0. The Kier molecular flexibility index (Phi) is 9.83. The van der Waals surface area contributed by atoms with Gasteiger partial charge in [0.05, 0.1) is 23.6 Å². The number of aliphatic carboxylic acids is 1. The lowest BCUT2D eigenvalue weighted by atomic mass is 9.91. The van der Waals surface area contributed by atoms with Crippen molar-refractivity contribution in [2.24, 2.45) is 0 Å². The number of halogens is 9. The molecule has 6 rings (SSSR count). The van der Waals surface area contributed by atoms with Crippen LogP contribution in [-0.4, -0.2) is 52.3 Å². The highest BCUT2D eigenvalue weighted by Gasteiger charge is 2.39. The van der Waals surface area contributed by atoms with Crippen molar-refractivity contribution in [1.82, 2.24) is 14.8 Å². The Balaban J connectivity index is 1.61. The Morgan fingerprint density at radius 3 is 2.28 bits per heavy atom. The van der Waals surface area contributed by atoms with Gasteiger partial charge in [-0.25, -0.2) is 13.2 Å². The van der Waals surface area contributed by atoms with E-state index >= 15 is 8.78 Å². The fraction of sp³-hybridized carbons (Fsp3) is 0.306. The predicted octanol–water partition coefficient (Wildman–Crippen LogP) is 7.36. The van der Waals surface area contributed by atoms with Crippen LogP contribution in [0.2, 0.25) is 0 Å². The second-order valence-corrected chi connectivity index (χ2v) is 12.8. The molecule has 280 valence electrons. The van der Waals surface area contributed by atoms with Crippen LogP contribution in [0.5, 0.6) is 11.5 Å². The Morgan fingerprint density at radius 2 is 1.64 bits per heavy atom. The van der Waals surface area contributed by atoms with Gasteiger partial charge in [-0.3, -0.25) is 23.9 Å². The molecule has 1 amide bonds. The molecule has 2 aliphatic rings. The summed E-state index contributed by atoms with van der Waals surface area (Å²) in [6.45, 7) is 1.03. The number of carboxylic acid groups (broad SMARTS) is 1. The summed E-state index contributed by atoms with van der Waals surface area (Å²) in [5.74, 6) is -6.13. The van der Waals surface area contributed by atoms with Gasteiger partial charge in [0.25, 0.3) is 5.56 Å². The van der Waals surface area contributed by atoms with Crippen LogP contribution in [0.4, 0.5) is 39.5 Å². The number of nitrogens with zero attached hydrogens (tertiary/aromatic N) is 2. The fourth-order valence-electron chi connectivity index (χ4n) is 6.57. The number of rotatable bonds is 6. The molecule has 1 aromatic heterocycles. The number of hydrogen-bond donors (Lipinski definition) is 2. The van der Waals surface area contributed by atoms with Crippen LogP contribution in [0, 0.1) is 18.6 Å². The lowest BCUT2D eigenvalue weighted by Gasteiger charge is -2.34. The number of hydrogen-bond acceptors (Lipinski definition) is 5. The Morgan fingerprint density at radius 1 is 0.943 bits per heavy atom. The summed E-state index contributed by atoms with van der Waals surface area (Å²) in [5, 5.41) is 12.0. The monoisotopic (exact) mass is 753 g/mol. The van der Waals surface area contributed by atoms with E-state index in [9.17, 15) is 50.2 Å². The van der Waals surface area contributed by atoms with Crippen LogP contribution >= 0.6 is 0 Å². The molecular formula is C36H28F9N3O5. The molecule has 8 nitrogen and oxygen atoms in total. The predicted molar refractivity (Wildman–Crippen MR) is 170 cm³/mol. The van der Waals surface area contributed by atoms with Gasteiger partial charge in [-0.15, -0.1) is 0 Å². The lowest BCUT2D eigenvalue weighted by molar-refractivity contribution is -0.139. The number of nitrogens with one attached hydrogen (secondary N) is 1. The van der Waals surface area contributed by atoms with Crippen LogP contribution in [0.15, 0.2) is 65.6 Å². The SMILES string of the molecule is Cc1cc2cc(c1F)C(CC(=O)O)NC(=O)C(n1cc(CCN3CC(F)C3)c(C(F)(F)F)cc1=O)c1cc(ccc1F)Oc1cccc(C(F)(F)F)c1-2. The molecule has 3 aromatic carbocycles. The number of aromatic nitrogens is 1. The number of likely N-dealkylation sites (tertiary alicyclic amines) is 1. The lowest BCUT2D eigenvalue weighted by Crippen LogP contribution is -2.49. The maximum absolute atomic E-state index is 15.9. The molecule has 2 unspecified atom stereocenters. The maximum atomic E-state index is 15.9. The van der Waals surface area contributed by atoms with E-state index in [0.717, 1.165) is 48.5 Å². The summed E-state index contributed by atoms with van der Waals surface area (Å²) >= 11 is 0. The number of aryl methyl sites for hydroxylation is 1. The fourth-order valence-corrected chi connectivity index (χ4v) is 6.57. The van der Waals surface area contributed by atoms with E-state index in [2.05, 4.69) is 5.32 Å². The zero-order valence-electron chi connectivity index (χ0n) is 27.4. The van der Waals surface area contributed by atoms with Crippen molar-refractivity contribution in [3.05, 3.63) is 116 Å². The Hall–Kier alpha value is -5.32. The molecular weight excluding hydrogens is 725 g/mol. The van der Waals surface area contributed by atoms with Gasteiger partial charge in [0.15, 0.2) is 0 Å². The van der Waals surface area contributed by atoms with E-state index in [1.807, 2.05) is 0 Å². The minimum absolute atomic E-state index is 0.0418. The zero-order chi connectivity index (χ0) is 38.6. The first-order valence-corrected chi connectivity index (χ1v) is 16.0. The Bertz CT molecular complexity index is 2160. The molecule has 0 radical (unpaired) electrons. The summed E-state index contributed by atoms with van der Waals surface area (Å²) in [6, 6.07) is 3.60. The highest BCUT2D eigenvalue weighted by atomic mass is 19.4. The van der Waals surface area contributed by atoms with Gasteiger partial charge in [-0.05, 0) is 72.5 Å². The number of ether oxygens (including phenoxy) is 1. The van der Waals surface area contributed by atoms with Gasteiger partial charge < -0.3 is 15.2 Å². The number of fused-ring (bicyclic) bond motifs is 6. The maximum Gasteiger partial charge on any atom is 0.417 e. The summed E-state index contributed by atoms with van der Waals surface area (Å²) in [5.41, 5.74) is -7.00. The van der Waals surface area contributed by atoms with Gasteiger partial charge in [-0.2, -0.15) is 26.3 Å². The number of alkyl halides is 7. The molecule has 1 fully saturated rings. The minimum atomic E-state index is -5.06. The number of carboxylic acids is 1. The third-order valence-electron chi connectivity index (χ3n) is 9.07. The molecule has 2 N–H and O–H groups in total. The number of benzene rings is 3. The normalized spacial score (nSPS) is 18.1. The largest absolute Gasteiger partial charge is 0.481 e. The van der Waals surface area contributed by atoms with E-state index in [1.54, 1.807) is 0 Å². The first-order valence-electron chi connectivity index (χ1n) is 16.0. The van der Waals surface area contributed by atoms with Crippen molar-refractivity contribution < 1.29 is 58.9 Å². The molecule has 0 aliphatic carbocycles. The van der Waals surface area contributed by atoms with Crippen molar-refractivity contribution in [1.29, 1.82) is 0 Å². The van der Waals surface area contributed by atoms with Crippen LogP contribution < -0.4 is 15.6 Å². The van der Waals surface area contributed by atoms with Crippen LogP contribution in [0.3, 0.4) is 0 Å². The van der Waals surface area contributed by atoms with Gasteiger partial charge in [-0.1, -0.05) is 6.07 Å². The van der Waals surface area contributed by atoms with Gasteiger partial charge >= 0.3 is 18.3 Å². The van der Waals surface area contributed by atoms with Gasteiger partial charge in [0, 0.05) is 48.6 Å². The summed E-state index contributed by atoms with van der Waals surface area (Å²) < 4.78 is 137. The molecule has 0 spiro atoms. The highest BCUT2D eigenvalue weighted by Crippen LogP contribution is 2.45. The average molecular weight is 754 g/mol. The molecule has 4 aromatic rings. The zero-order valence-corrected chi connectivity index (χ0v) is 27.4. The van der Waals surface area contributed by atoms with Crippen molar-refractivity contribution in [2.45, 2.75) is 50.4 Å². The van der Waals surface area contributed by atoms with Crippen LogP contribution in [0.25, 0.3) is 11.1 Å². The molecule has 2 atom stereocenters. The highest BCUT2D eigenvalue weighted by molar-refractivity contribution is 5.85. The number of carbonyl (C=O) groups excluding carboxylic acids is 1. The van der Waals surface area contributed by atoms with E-state index < -0.39 is 105 Å². The molecule has 2 aliphatic heterocycles. The smallest absolute Gasteiger partial charge is 0.417 e. The third kappa shape index (κ3) is 7.61. The molecule has 53 heavy (non-hydrogen) atoms.